The second-order valence-electron chi connectivity index (χ2n) is 4.43. The lowest BCUT2D eigenvalue weighted by atomic mass is 10.1. The van der Waals surface area contributed by atoms with E-state index in [-0.39, 0.29) is 12.2 Å². The minimum absolute atomic E-state index is 0.276. The molecular formula is C10H14N6O3. The number of nitrogens with zero attached hydrogens (tertiary/aromatic N) is 4. The number of rotatable bonds is 2. The minimum Gasteiger partial charge on any atom is -0.390 e. The van der Waals surface area contributed by atoms with Crippen LogP contribution in [0.3, 0.4) is 0 Å². The molecule has 1 saturated heterocycles. The van der Waals surface area contributed by atoms with E-state index in [0.29, 0.717) is 11.2 Å². The first-order valence-corrected chi connectivity index (χ1v) is 5.78. The summed E-state index contributed by atoms with van der Waals surface area (Å²) in [6, 6.07) is 0. The first-order valence-electron chi connectivity index (χ1n) is 5.78. The molecule has 0 radical (unpaired) electrons. The van der Waals surface area contributed by atoms with E-state index < -0.39 is 24.7 Å². The zero-order chi connectivity index (χ0) is 13.6. The third-order valence-corrected chi connectivity index (χ3v) is 3.17. The van der Waals surface area contributed by atoms with E-state index in [4.69, 9.17) is 16.2 Å². The fraction of sp³-hybridized carbons (Fsp3) is 0.500. The molecule has 0 aromatic carbocycles. The first kappa shape index (κ1) is 12.2. The van der Waals surface area contributed by atoms with Crippen molar-refractivity contribution in [3.63, 3.8) is 0 Å². The molecule has 1 unspecified atom stereocenters. The van der Waals surface area contributed by atoms with Gasteiger partial charge in [-0.2, -0.15) is 0 Å². The van der Waals surface area contributed by atoms with Crippen molar-refractivity contribution < 1.29 is 14.9 Å². The van der Waals surface area contributed by atoms with Crippen LogP contribution in [0.2, 0.25) is 0 Å². The van der Waals surface area contributed by atoms with Crippen molar-refractivity contribution in [1.29, 1.82) is 0 Å². The van der Waals surface area contributed by atoms with Gasteiger partial charge >= 0.3 is 0 Å². The largest absolute Gasteiger partial charge is 0.390 e. The summed E-state index contributed by atoms with van der Waals surface area (Å²) >= 11 is 0. The van der Waals surface area contributed by atoms with E-state index in [9.17, 15) is 10.2 Å². The van der Waals surface area contributed by atoms with Crippen LogP contribution in [-0.4, -0.2) is 48.2 Å². The van der Waals surface area contributed by atoms with Gasteiger partial charge in [-0.1, -0.05) is 0 Å². The van der Waals surface area contributed by atoms with Crippen LogP contribution >= 0.6 is 0 Å². The van der Waals surface area contributed by atoms with E-state index in [1.54, 1.807) is 4.57 Å². The number of aliphatic hydroxyl groups is 2. The molecule has 1 fully saturated rings. The number of ether oxygens (including phenoxy) is 1. The second kappa shape index (κ2) is 4.38. The van der Waals surface area contributed by atoms with Crippen molar-refractivity contribution in [3.05, 3.63) is 12.7 Å². The number of anilines is 1. The zero-order valence-electron chi connectivity index (χ0n) is 9.92. The van der Waals surface area contributed by atoms with Crippen LogP contribution in [0.1, 0.15) is 12.6 Å². The molecule has 6 N–H and O–H groups in total. The Hall–Kier alpha value is -1.81. The van der Waals surface area contributed by atoms with Gasteiger partial charge in [-0.3, -0.25) is 4.57 Å². The summed E-state index contributed by atoms with van der Waals surface area (Å²) in [5.41, 5.74) is 12.0. The summed E-state index contributed by atoms with van der Waals surface area (Å²) in [4.78, 5) is 12.1. The Kier molecular flexibility index (Phi) is 2.82. The number of hydrogen-bond donors (Lipinski definition) is 4. The minimum atomic E-state index is -1.24. The van der Waals surface area contributed by atoms with Crippen LogP contribution in [0.15, 0.2) is 12.7 Å². The van der Waals surface area contributed by atoms with Gasteiger partial charge in [0.05, 0.1) is 12.4 Å². The first-order chi connectivity index (χ1) is 9.08. The van der Waals surface area contributed by atoms with Gasteiger partial charge in [0, 0.05) is 6.42 Å². The van der Waals surface area contributed by atoms with Crippen molar-refractivity contribution in [2.45, 2.75) is 31.1 Å². The Balaban J connectivity index is 1.96. The average Bonchev–Trinajstić information content (AvgIpc) is 2.93. The normalized spacial score (nSPS) is 28.9. The lowest BCUT2D eigenvalue weighted by Gasteiger charge is -2.17. The summed E-state index contributed by atoms with van der Waals surface area (Å²) in [5, 5.41) is 19.1. The maximum Gasteiger partial charge on any atom is 0.167 e. The van der Waals surface area contributed by atoms with E-state index in [1.165, 1.54) is 12.7 Å². The van der Waals surface area contributed by atoms with Gasteiger partial charge in [0.25, 0.3) is 0 Å². The van der Waals surface area contributed by atoms with Crippen molar-refractivity contribution in [2.24, 2.45) is 5.73 Å². The number of nitrogen functional groups attached to an aromatic ring is 1. The highest BCUT2D eigenvalue weighted by molar-refractivity contribution is 5.81. The molecule has 0 saturated carbocycles. The maximum atomic E-state index is 9.80. The standard InChI is InChI=1S/C10H14N6O3/c11-8-6-10(14-2-13-8)16(3-15-6)5-1-4(17)7(19-5)9(12)18/h2-5,7,9,17-18H,1,12H2,(H2,11,13,14)/t4-,5+,7-,9?/m0/s1. The molecule has 2 aromatic heterocycles. The molecule has 2 aromatic rings. The zero-order valence-corrected chi connectivity index (χ0v) is 9.92. The fourth-order valence-electron chi connectivity index (χ4n) is 2.24. The Morgan fingerprint density at radius 3 is 2.89 bits per heavy atom. The summed E-state index contributed by atoms with van der Waals surface area (Å²) < 4.78 is 7.16. The molecule has 1 aliphatic rings. The van der Waals surface area contributed by atoms with E-state index in [2.05, 4.69) is 15.0 Å². The Morgan fingerprint density at radius 1 is 1.42 bits per heavy atom. The number of hydrogen-bond acceptors (Lipinski definition) is 8. The number of aromatic nitrogens is 4. The van der Waals surface area contributed by atoms with Crippen LogP contribution in [0.4, 0.5) is 5.82 Å². The highest BCUT2D eigenvalue weighted by atomic mass is 16.5. The molecule has 4 atom stereocenters. The van der Waals surface area contributed by atoms with Gasteiger partial charge in [0.15, 0.2) is 11.5 Å². The molecule has 0 bridgehead atoms. The topological polar surface area (TPSA) is 145 Å². The summed E-state index contributed by atoms with van der Waals surface area (Å²) in [5.74, 6) is 0.276. The predicted molar refractivity (Wildman–Crippen MR) is 64.5 cm³/mol. The van der Waals surface area contributed by atoms with Crippen LogP contribution in [0, 0.1) is 0 Å². The quantitative estimate of drug-likeness (QED) is 0.472. The highest BCUT2D eigenvalue weighted by Crippen LogP contribution is 2.31. The van der Waals surface area contributed by atoms with Crippen LogP contribution in [0.5, 0.6) is 0 Å². The molecule has 9 nitrogen and oxygen atoms in total. The molecule has 9 heteroatoms. The molecular weight excluding hydrogens is 252 g/mol. The highest BCUT2D eigenvalue weighted by Gasteiger charge is 2.38. The van der Waals surface area contributed by atoms with Gasteiger partial charge in [-0.05, 0) is 0 Å². The van der Waals surface area contributed by atoms with Gasteiger partial charge < -0.3 is 26.4 Å². The third-order valence-electron chi connectivity index (χ3n) is 3.17. The smallest absolute Gasteiger partial charge is 0.167 e. The van der Waals surface area contributed by atoms with Crippen molar-refractivity contribution in [3.8, 4) is 0 Å². The predicted octanol–water partition coefficient (Wildman–Crippen LogP) is -1.67. The summed E-state index contributed by atoms with van der Waals surface area (Å²) in [6.07, 6.45) is -0.293. The van der Waals surface area contributed by atoms with Gasteiger partial charge in [0.1, 0.15) is 30.4 Å². The molecule has 0 aliphatic carbocycles. The van der Waals surface area contributed by atoms with Gasteiger partial charge in [0.2, 0.25) is 0 Å². The van der Waals surface area contributed by atoms with Crippen molar-refractivity contribution >= 4 is 17.0 Å². The number of imidazole rings is 1. The number of aliphatic hydroxyl groups excluding tert-OH is 2. The molecule has 0 amide bonds. The van der Waals surface area contributed by atoms with Gasteiger partial charge in [-0.25, -0.2) is 15.0 Å². The Labute approximate surface area is 107 Å². The van der Waals surface area contributed by atoms with Crippen LogP contribution in [-0.2, 0) is 4.74 Å². The lowest BCUT2D eigenvalue weighted by molar-refractivity contribution is -0.0790. The second-order valence-corrected chi connectivity index (χ2v) is 4.43. The van der Waals surface area contributed by atoms with E-state index in [0.717, 1.165) is 0 Å². The Morgan fingerprint density at radius 2 is 2.21 bits per heavy atom. The lowest BCUT2D eigenvalue weighted by Crippen LogP contribution is -2.40. The molecule has 3 rings (SSSR count). The van der Waals surface area contributed by atoms with Gasteiger partial charge in [-0.15, -0.1) is 0 Å². The molecule has 0 spiro atoms. The summed E-state index contributed by atoms with van der Waals surface area (Å²) in [7, 11) is 0. The third kappa shape index (κ3) is 1.92. The summed E-state index contributed by atoms with van der Waals surface area (Å²) in [6.45, 7) is 0. The average molecular weight is 266 g/mol. The van der Waals surface area contributed by atoms with Crippen LogP contribution < -0.4 is 11.5 Å². The van der Waals surface area contributed by atoms with E-state index >= 15 is 0 Å². The van der Waals surface area contributed by atoms with E-state index in [1.807, 2.05) is 0 Å². The monoisotopic (exact) mass is 266 g/mol. The number of nitrogens with two attached hydrogens (primary N) is 2. The number of fused-ring (bicyclic) bond motifs is 1. The Bertz CT molecular complexity index is 600. The van der Waals surface area contributed by atoms with Crippen molar-refractivity contribution in [1.82, 2.24) is 19.5 Å². The molecule has 1 aliphatic heterocycles. The van der Waals surface area contributed by atoms with Crippen LogP contribution in [0.25, 0.3) is 11.2 Å². The fourth-order valence-corrected chi connectivity index (χ4v) is 2.24. The maximum absolute atomic E-state index is 9.80. The van der Waals surface area contributed by atoms with Crippen molar-refractivity contribution in [2.75, 3.05) is 5.73 Å². The molecule has 3 heterocycles. The molecule has 102 valence electrons. The molecule has 19 heavy (non-hydrogen) atoms. The SMILES string of the molecule is Nc1ncnc2c1ncn2[C@H]1C[C@H](O)[C@@H](C(N)O)O1.